The fraction of sp³-hybridized carbons (Fsp3) is 0.188. The van der Waals surface area contributed by atoms with Crippen molar-refractivity contribution in [1.29, 1.82) is 0 Å². The number of rotatable bonds is 4. The summed E-state index contributed by atoms with van der Waals surface area (Å²) in [7, 11) is 0. The van der Waals surface area contributed by atoms with E-state index in [0.29, 0.717) is 5.69 Å². The minimum absolute atomic E-state index is 0.109. The van der Waals surface area contributed by atoms with Crippen molar-refractivity contribution in [3.63, 3.8) is 0 Å². The Bertz CT molecular complexity index is 720. The first kappa shape index (κ1) is 13.3. The van der Waals surface area contributed by atoms with Gasteiger partial charge in [-0.2, -0.15) is 0 Å². The van der Waals surface area contributed by atoms with Gasteiger partial charge in [-0.3, -0.25) is 0 Å². The molecule has 1 aromatic heterocycles. The lowest BCUT2D eigenvalue weighted by Gasteiger charge is -2.17. The number of nitrogens with two attached hydrogens (primary N) is 1. The fourth-order valence-corrected chi connectivity index (χ4v) is 2.50. The predicted molar refractivity (Wildman–Crippen MR) is 82.5 cm³/mol. The van der Waals surface area contributed by atoms with Gasteiger partial charge in [0.2, 0.25) is 0 Å². The van der Waals surface area contributed by atoms with Crippen LogP contribution in [0.5, 0.6) is 0 Å². The second-order valence-corrected chi connectivity index (χ2v) is 4.91. The van der Waals surface area contributed by atoms with Crippen molar-refractivity contribution in [3.05, 3.63) is 60.2 Å². The zero-order chi connectivity index (χ0) is 14.7. The van der Waals surface area contributed by atoms with Gasteiger partial charge in [0, 0.05) is 11.3 Å². The first-order valence-corrected chi connectivity index (χ1v) is 6.98. The molecular weight excluding hydrogens is 262 g/mol. The lowest BCUT2D eigenvalue weighted by atomic mass is 10.0. The van der Waals surface area contributed by atoms with E-state index in [-0.39, 0.29) is 6.04 Å². The molecule has 1 heterocycles. The first-order valence-electron chi connectivity index (χ1n) is 6.98. The Balaban J connectivity index is 2.06. The number of hydrogen-bond acceptors (Lipinski definition) is 4. The normalized spacial score (nSPS) is 12.2. The van der Waals surface area contributed by atoms with Crippen LogP contribution in [0, 0.1) is 0 Å². The van der Waals surface area contributed by atoms with Gasteiger partial charge in [0.05, 0.1) is 6.04 Å². The largest absolute Gasteiger partial charge is 0.399 e. The molecule has 0 aliphatic heterocycles. The van der Waals surface area contributed by atoms with Gasteiger partial charge in [-0.1, -0.05) is 49.4 Å². The average Bonchev–Trinajstić information content (AvgIpc) is 2.98. The first-order chi connectivity index (χ1) is 10.3. The number of nitrogen functional groups attached to an aromatic ring is 1. The zero-order valence-corrected chi connectivity index (χ0v) is 11.8. The highest BCUT2D eigenvalue weighted by Gasteiger charge is 2.18. The Kier molecular flexibility index (Phi) is 3.64. The zero-order valence-electron chi connectivity index (χ0n) is 11.8. The summed E-state index contributed by atoms with van der Waals surface area (Å²) in [5.41, 5.74) is 8.68. The van der Waals surface area contributed by atoms with Crippen LogP contribution >= 0.6 is 0 Å². The number of anilines is 1. The maximum atomic E-state index is 5.86. The van der Waals surface area contributed by atoms with Crippen molar-refractivity contribution >= 4 is 5.69 Å². The molecule has 106 valence electrons. The molecule has 3 aromatic rings. The second kappa shape index (κ2) is 5.75. The summed E-state index contributed by atoms with van der Waals surface area (Å²) in [6, 6.07) is 18.0. The Morgan fingerprint density at radius 3 is 2.62 bits per heavy atom. The van der Waals surface area contributed by atoms with Crippen LogP contribution in [0.3, 0.4) is 0 Å². The maximum Gasteiger partial charge on any atom is 0.182 e. The highest BCUT2D eigenvalue weighted by Crippen LogP contribution is 2.26. The summed E-state index contributed by atoms with van der Waals surface area (Å²) in [4.78, 5) is 0. The molecule has 1 atom stereocenters. The molecule has 21 heavy (non-hydrogen) atoms. The van der Waals surface area contributed by atoms with Crippen molar-refractivity contribution in [2.24, 2.45) is 0 Å². The number of tetrazole rings is 1. The van der Waals surface area contributed by atoms with E-state index in [1.54, 1.807) is 0 Å². The minimum Gasteiger partial charge on any atom is -0.399 e. The third kappa shape index (κ3) is 2.63. The fourth-order valence-electron chi connectivity index (χ4n) is 2.50. The SMILES string of the molecule is CCC(c1ccccc1)n1nnnc1-c1cccc(N)c1. The van der Waals surface area contributed by atoms with E-state index in [9.17, 15) is 0 Å². The molecule has 0 aliphatic carbocycles. The molecule has 0 saturated heterocycles. The maximum absolute atomic E-state index is 5.86. The summed E-state index contributed by atoms with van der Waals surface area (Å²) in [6.45, 7) is 2.13. The standard InChI is InChI=1S/C16H17N5/c1-2-15(12-7-4-3-5-8-12)21-16(18-19-20-21)13-9-6-10-14(17)11-13/h3-11,15H,2,17H2,1H3. The van der Waals surface area contributed by atoms with Crippen LogP contribution in [0.2, 0.25) is 0 Å². The van der Waals surface area contributed by atoms with Crippen LogP contribution < -0.4 is 5.73 Å². The molecule has 2 N–H and O–H groups in total. The van der Waals surface area contributed by atoms with Crippen molar-refractivity contribution < 1.29 is 0 Å². The monoisotopic (exact) mass is 279 g/mol. The lowest BCUT2D eigenvalue weighted by molar-refractivity contribution is 0.498. The van der Waals surface area contributed by atoms with Gasteiger partial charge in [0.1, 0.15) is 0 Å². The molecule has 0 amide bonds. The van der Waals surface area contributed by atoms with E-state index in [1.807, 2.05) is 47.1 Å². The summed E-state index contributed by atoms with van der Waals surface area (Å²) in [6.07, 6.45) is 0.907. The molecule has 1 unspecified atom stereocenters. The van der Waals surface area contributed by atoms with Crippen LogP contribution in [-0.2, 0) is 0 Å². The molecule has 5 nitrogen and oxygen atoms in total. The number of benzene rings is 2. The van der Waals surface area contributed by atoms with E-state index >= 15 is 0 Å². The summed E-state index contributed by atoms with van der Waals surface area (Å²) >= 11 is 0. The van der Waals surface area contributed by atoms with Crippen molar-refractivity contribution in [2.75, 3.05) is 5.73 Å². The van der Waals surface area contributed by atoms with Crippen LogP contribution in [0.1, 0.15) is 24.9 Å². The van der Waals surface area contributed by atoms with Gasteiger partial charge < -0.3 is 5.73 Å². The number of aromatic nitrogens is 4. The van der Waals surface area contributed by atoms with E-state index < -0.39 is 0 Å². The van der Waals surface area contributed by atoms with E-state index in [1.165, 1.54) is 5.56 Å². The molecular formula is C16H17N5. The van der Waals surface area contributed by atoms with Crippen molar-refractivity contribution in [3.8, 4) is 11.4 Å². The summed E-state index contributed by atoms with van der Waals surface area (Å²) in [5.74, 6) is 0.734. The molecule has 0 fully saturated rings. The van der Waals surface area contributed by atoms with Gasteiger partial charge in [0.15, 0.2) is 5.82 Å². The molecule has 2 aromatic carbocycles. The average molecular weight is 279 g/mol. The third-order valence-electron chi connectivity index (χ3n) is 3.50. The summed E-state index contributed by atoms with van der Waals surface area (Å²) in [5, 5.41) is 12.2. The molecule has 5 heteroatoms. The number of nitrogens with zero attached hydrogens (tertiary/aromatic N) is 4. The van der Waals surface area contributed by atoms with E-state index in [4.69, 9.17) is 5.73 Å². The van der Waals surface area contributed by atoms with Gasteiger partial charge in [-0.05, 0) is 34.5 Å². The van der Waals surface area contributed by atoms with Gasteiger partial charge in [0.25, 0.3) is 0 Å². The lowest BCUT2D eigenvalue weighted by Crippen LogP contribution is -2.13. The predicted octanol–water partition coefficient (Wildman–Crippen LogP) is 2.92. The van der Waals surface area contributed by atoms with E-state index in [2.05, 4.69) is 34.6 Å². The molecule has 0 bridgehead atoms. The Labute approximate surface area is 123 Å². The van der Waals surface area contributed by atoms with E-state index in [0.717, 1.165) is 17.8 Å². The van der Waals surface area contributed by atoms with Crippen molar-refractivity contribution in [1.82, 2.24) is 20.2 Å². The third-order valence-corrected chi connectivity index (χ3v) is 3.50. The van der Waals surface area contributed by atoms with Crippen LogP contribution in [-0.4, -0.2) is 20.2 Å². The Morgan fingerprint density at radius 1 is 1.10 bits per heavy atom. The highest BCUT2D eigenvalue weighted by atomic mass is 15.5. The van der Waals surface area contributed by atoms with Crippen LogP contribution in [0.25, 0.3) is 11.4 Å². The Morgan fingerprint density at radius 2 is 1.90 bits per heavy atom. The van der Waals surface area contributed by atoms with Crippen molar-refractivity contribution in [2.45, 2.75) is 19.4 Å². The second-order valence-electron chi connectivity index (χ2n) is 4.91. The van der Waals surface area contributed by atoms with Gasteiger partial charge in [-0.25, -0.2) is 4.68 Å². The molecule has 3 rings (SSSR count). The molecule has 0 aliphatic rings. The molecule has 0 saturated carbocycles. The summed E-state index contributed by atoms with van der Waals surface area (Å²) < 4.78 is 1.87. The van der Waals surface area contributed by atoms with Gasteiger partial charge >= 0.3 is 0 Å². The van der Waals surface area contributed by atoms with Crippen LogP contribution in [0.4, 0.5) is 5.69 Å². The highest BCUT2D eigenvalue weighted by molar-refractivity contribution is 5.60. The molecule has 0 spiro atoms. The topological polar surface area (TPSA) is 69.6 Å². The minimum atomic E-state index is 0.109. The van der Waals surface area contributed by atoms with Gasteiger partial charge in [-0.15, -0.1) is 5.10 Å². The number of hydrogen-bond donors (Lipinski definition) is 1. The molecule has 0 radical (unpaired) electrons. The smallest absolute Gasteiger partial charge is 0.182 e. The Hall–Kier alpha value is -2.69. The van der Waals surface area contributed by atoms with Crippen LogP contribution in [0.15, 0.2) is 54.6 Å². The quantitative estimate of drug-likeness (QED) is 0.745.